The average Bonchev–Trinajstić information content (AvgIpc) is 2.87. The summed E-state index contributed by atoms with van der Waals surface area (Å²) in [5.41, 5.74) is 2.81. The van der Waals surface area contributed by atoms with Gasteiger partial charge in [-0.3, -0.25) is 4.79 Å². The van der Waals surface area contributed by atoms with Crippen molar-refractivity contribution in [2.45, 2.75) is 78.1 Å². The lowest BCUT2D eigenvalue weighted by Gasteiger charge is -2.35. The molecule has 3 rings (SSSR count). The lowest BCUT2D eigenvalue weighted by Crippen LogP contribution is -2.49. The lowest BCUT2D eigenvalue weighted by molar-refractivity contribution is -0.131. The number of hydrogen-bond acceptors (Lipinski definition) is 4. The molecule has 0 N–H and O–H groups in total. The van der Waals surface area contributed by atoms with E-state index in [1.807, 2.05) is 29.3 Å². The van der Waals surface area contributed by atoms with Crippen molar-refractivity contribution in [3.63, 3.8) is 0 Å². The number of anilines is 1. The smallest absolute Gasteiger partial charge is 0.222 e. The molecule has 2 heterocycles. The standard InChI is InChI=1S/C29H43N3O2/c1-7-28(3,4)23-14-15-25(24(22-23)29(5,6)8-2)34-21-11-13-27(33)32-19-17-31(18-20-32)26-12-9-10-16-30-26/h9-10,12,14-16,22H,7-8,11,13,17-21H2,1-6H3. The zero-order valence-corrected chi connectivity index (χ0v) is 22.1. The highest BCUT2D eigenvalue weighted by Crippen LogP contribution is 2.38. The lowest BCUT2D eigenvalue weighted by atomic mass is 9.76. The molecule has 1 amide bonds. The Bertz CT molecular complexity index is 932. The van der Waals surface area contributed by atoms with Crippen LogP contribution in [0.2, 0.25) is 0 Å². The molecule has 0 saturated carbocycles. The summed E-state index contributed by atoms with van der Waals surface area (Å²) in [7, 11) is 0. The van der Waals surface area contributed by atoms with Crippen LogP contribution in [0, 0.1) is 0 Å². The Morgan fingerprint density at radius 2 is 1.68 bits per heavy atom. The molecule has 0 radical (unpaired) electrons. The fraction of sp³-hybridized carbons (Fsp3) is 0.586. The summed E-state index contributed by atoms with van der Waals surface area (Å²) in [6.45, 7) is 17.4. The van der Waals surface area contributed by atoms with E-state index < -0.39 is 0 Å². The van der Waals surface area contributed by atoms with Gasteiger partial charge in [0.15, 0.2) is 0 Å². The van der Waals surface area contributed by atoms with E-state index in [9.17, 15) is 4.79 Å². The monoisotopic (exact) mass is 465 g/mol. The topological polar surface area (TPSA) is 45.7 Å². The van der Waals surface area contributed by atoms with Gasteiger partial charge in [-0.25, -0.2) is 4.98 Å². The van der Waals surface area contributed by atoms with E-state index in [1.54, 1.807) is 0 Å². The van der Waals surface area contributed by atoms with Crippen molar-refractivity contribution in [2.24, 2.45) is 0 Å². The molecule has 0 aliphatic carbocycles. The van der Waals surface area contributed by atoms with Gasteiger partial charge in [0.1, 0.15) is 11.6 Å². The third kappa shape index (κ3) is 6.31. The number of hydrogen-bond donors (Lipinski definition) is 0. The summed E-state index contributed by atoms with van der Waals surface area (Å²) in [6.07, 6.45) is 5.21. The number of piperazine rings is 1. The first kappa shape index (κ1) is 26.1. The third-order valence-corrected chi connectivity index (χ3v) is 7.66. The molecule has 1 fully saturated rings. The van der Waals surface area contributed by atoms with E-state index in [4.69, 9.17) is 4.74 Å². The van der Waals surface area contributed by atoms with Gasteiger partial charge < -0.3 is 14.5 Å². The number of amides is 1. The normalized spacial score (nSPS) is 14.9. The molecule has 34 heavy (non-hydrogen) atoms. The molecule has 1 aliphatic rings. The van der Waals surface area contributed by atoms with Gasteiger partial charge in [-0.15, -0.1) is 0 Å². The Kier molecular flexibility index (Phi) is 8.62. The van der Waals surface area contributed by atoms with Gasteiger partial charge in [-0.2, -0.15) is 0 Å². The quantitative estimate of drug-likeness (QED) is 0.406. The van der Waals surface area contributed by atoms with Crippen LogP contribution in [-0.4, -0.2) is 48.6 Å². The summed E-state index contributed by atoms with van der Waals surface area (Å²) in [4.78, 5) is 21.4. The molecule has 0 bridgehead atoms. The first-order valence-corrected chi connectivity index (χ1v) is 12.9. The van der Waals surface area contributed by atoms with E-state index in [0.29, 0.717) is 13.0 Å². The van der Waals surface area contributed by atoms with Crippen molar-refractivity contribution in [1.29, 1.82) is 0 Å². The molecule has 1 aromatic carbocycles. The van der Waals surface area contributed by atoms with Gasteiger partial charge in [0.25, 0.3) is 0 Å². The molecule has 5 heteroatoms. The maximum Gasteiger partial charge on any atom is 0.222 e. The number of rotatable bonds is 10. The zero-order chi connectivity index (χ0) is 24.8. The van der Waals surface area contributed by atoms with Gasteiger partial charge in [0.05, 0.1) is 6.61 Å². The minimum atomic E-state index is 0.0400. The molecule has 0 spiro atoms. The highest BCUT2D eigenvalue weighted by atomic mass is 16.5. The van der Waals surface area contributed by atoms with Crippen LogP contribution >= 0.6 is 0 Å². The third-order valence-electron chi connectivity index (χ3n) is 7.66. The molecule has 0 unspecified atom stereocenters. The minimum absolute atomic E-state index is 0.0400. The molecular weight excluding hydrogens is 422 g/mol. The number of carbonyl (C=O) groups excluding carboxylic acids is 1. The number of pyridine rings is 1. The van der Waals surface area contributed by atoms with Gasteiger partial charge in [0.2, 0.25) is 5.91 Å². The van der Waals surface area contributed by atoms with Crippen molar-refractivity contribution in [2.75, 3.05) is 37.7 Å². The number of aromatic nitrogens is 1. The summed E-state index contributed by atoms with van der Waals surface area (Å²) in [5.74, 6) is 2.17. The molecular formula is C29H43N3O2. The Morgan fingerprint density at radius 3 is 2.29 bits per heavy atom. The summed E-state index contributed by atoms with van der Waals surface area (Å²) < 4.78 is 6.25. The second kappa shape index (κ2) is 11.2. The SMILES string of the molecule is CCC(C)(C)c1ccc(OCCCC(=O)N2CCN(c3ccccn3)CC2)c(C(C)(C)CC)c1. The fourth-order valence-electron chi connectivity index (χ4n) is 4.29. The maximum absolute atomic E-state index is 12.7. The highest BCUT2D eigenvalue weighted by Gasteiger charge is 2.27. The predicted molar refractivity (Wildman–Crippen MR) is 141 cm³/mol. The van der Waals surface area contributed by atoms with E-state index in [2.05, 4.69) is 69.6 Å². The second-order valence-corrected chi connectivity index (χ2v) is 10.7. The van der Waals surface area contributed by atoms with Gasteiger partial charge in [-0.1, -0.05) is 59.7 Å². The molecule has 186 valence electrons. The minimum Gasteiger partial charge on any atom is -0.493 e. The molecule has 2 aromatic rings. The maximum atomic E-state index is 12.7. The van der Waals surface area contributed by atoms with E-state index in [-0.39, 0.29) is 16.7 Å². The van der Waals surface area contributed by atoms with Crippen molar-refractivity contribution in [1.82, 2.24) is 9.88 Å². The first-order chi connectivity index (χ1) is 16.2. The van der Waals surface area contributed by atoms with Crippen LogP contribution in [-0.2, 0) is 15.6 Å². The highest BCUT2D eigenvalue weighted by molar-refractivity contribution is 5.76. The molecule has 0 atom stereocenters. The average molecular weight is 466 g/mol. The summed E-state index contributed by atoms with van der Waals surface area (Å²) >= 11 is 0. The van der Waals surface area contributed by atoms with Crippen LogP contribution in [0.5, 0.6) is 5.75 Å². The van der Waals surface area contributed by atoms with Crippen molar-refractivity contribution < 1.29 is 9.53 Å². The van der Waals surface area contributed by atoms with Crippen molar-refractivity contribution in [3.8, 4) is 5.75 Å². The Hall–Kier alpha value is -2.56. The molecule has 1 saturated heterocycles. The van der Waals surface area contributed by atoms with E-state index in [0.717, 1.165) is 57.0 Å². The van der Waals surface area contributed by atoms with Crippen molar-refractivity contribution in [3.05, 3.63) is 53.7 Å². The Balaban J connectivity index is 1.52. The summed E-state index contributed by atoms with van der Waals surface area (Å²) in [6, 6.07) is 12.6. The van der Waals surface area contributed by atoms with Crippen LogP contribution < -0.4 is 9.64 Å². The van der Waals surface area contributed by atoms with E-state index in [1.165, 1.54) is 11.1 Å². The van der Waals surface area contributed by atoms with Crippen LogP contribution in [0.3, 0.4) is 0 Å². The van der Waals surface area contributed by atoms with Crippen LogP contribution in [0.25, 0.3) is 0 Å². The fourth-order valence-corrected chi connectivity index (χ4v) is 4.29. The first-order valence-electron chi connectivity index (χ1n) is 12.9. The second-order valence-electron chi connectivity index (χ2n) is 10.7. The van der Waals surface area contributed by atoms with Gasteiger partial charge in [0, 0.05) is 44.4 Å². The molecule has 1 aliphatic heterocycles. The predicted octanol–water partition coefficient (Wildman–Crippen LogP) is 5.96. The number of carbonyl (C=O) groups is 1. The van der Waals surface area contributed by atoms with Crippen LogP contribution in [0.4, 0.5) is 5.82 Å². The van der Waals surface area contributed by atoms with Gasteiger partial charge in [-0.05, 0) is 53.9 Å². The van der Waals surface area contributed by atoms with Gasteiger partial charge >= 0.3 is 0 Å². The number of benzene rings is 1. The number of nitrogens with zero attached hydrogens (tertiary/aromatic N) is 3. The Labute approximate surface area is 206 Å². The zero-order valence-electron chi connectivity index (χ0n) is 22.1. The number of ether oxygens (including phenoxy) is 1. The Morgan fingerprint density at radius 1 is 0.971 bits per heavy atom. The molecule has 1 aromatic heterocycles. The van der Waals surface area contributed by atoms with E-state index >= 15 is 0 Å². The van der Waals surface area contributed by atoms with Crippen molar-refractivity contribution >= 4 is 11.7 Å². The summed E-state index contributed by atoms with van der Waals surface area (Å²) in [5, 5.41) is 0. The molecule has 5 nitrogen and oxygen atoms in total. The van der Waals surface area contributed by atoms with Crippen LogP contribution in [0.15, 0.2) is 42.6 Å². The van der Waals surface area contributed by atoms with Crippen LogP contribution in [0.1, 0.15) is 78.4 Å². The largest absolute Gasteiger partial charge is 0.493 e.